The zero-order valence-electron chi connectivity index (χ0n) is 12.4. The van der Waals surface area contributed by atoms with Gasteiger partial charge in [-0.25, -0.2) is 0 Å². The normalized spacial score (nSPS) is 11.2. The minimum atomic E-state index is -3.87. The van der Waals surface area contributed by atoms with Crippen LogP contribution in [0.5, 0.6) is 0 Å². The molecule has 0 spiro atoms. The van der Waals surface area contributed by atoms with Gasteiger partial charge in [0, 0.05) is 12.5 Å². The summed E-state index contributed by atoms with van der Waals surface area (Å²) in [6, 6.07) is 20.4. The Balaban J connectivity index is 0.00000264. The monoisotopic (exact) mass is 343 g/mol. The van der Waals surface area contributed by atoms with Crippen molar-refractivity contribution in [3.8, 4) is 0 Å². The molecule has 0 aliphatic carbocycles. The number of hydrogen-bond donors (Lipinski definition) is 2. The summed E-state index contributed by atoms with van der Waals surface area (Å²) < 4.78 is 30.1. The Hall–Kier alpha value is -0.690. The van der Waals surface area contributed by atoms with Crippen LogP contribution in [0.3, 0.4) is 0 Å². The molecule has 0 fully saturated rings. The minimum absolute atomic E-state index is 0. The second kappa shape index (κ2) is 10.2. The van der Waals surface area contributed by atoms with Crippen LogP contribution in [-0.4, -0.2) is 61.4 Å². The summed E-state index contributed by atoms with van der Waals surface area (Å²) in [5.41, 5.74) is 2.44. The van der Waals surface area contributed by atoms with E-state index < -0.39 is 10.1 Å². The molecule has 0 aliphatic heterocycles. The van der Waals surface area contributed by atoms with Crippen LogP contribution in [0.1, 0.15) is 23.5 Å². The van der Waals surface area contributed by atoms with Crippen molar-refractivity contribution in [2.75, 3.05) is 18.8 Å². The first-order valence-electron chi connectivity index (χ1n) is 7.32. The van der Waals surface area contributed by atoms with Crippen molar-refractivity contribution in [3.63, 3.8) is 0 Å². The van der Waals surface area contributed by atoms with Gasteiger partial charge in [0.05, 0.1) is 5.75 Å². The SMILES string of the molecule is O=S(=O)(O)CCCNCC(c1ccccc1)c1ccccc1.[NaH]. The van der Waals surface area contributed by atoms with Gasteiger partial charge in [0.25, 0.3) is 10.1 Å². The Labute approximate surface area is 160 Å². The summed E-state index contributed by atoms with van der Waals surface area (Å²) in [6.07, 6.45) is 0.398. The zero-order chi connectivity index (χ0) is 15.8. The quantitative estimate of drug-likeness (QED) is 0.437. The summed E-state index contributed by atoms with van der Waals surface area (Å²) in [7, 11) is -3.87. The second-order valence-electron chi connectivity index (χ2n) is 5.22. The van der Waals surface area contributed by atoms with Gasteiger partial charge in [-0.15, -0.1) is 0 Å². The molecule has 0 atom stereocenters. The van der Waals surface area contributed by atoms with Crippen LogP contribution in [0.4, 0.5) is 0 Å². The van der Waals surface area contributed by atoms with Crippen molar-refractivity contribution in [3.05, 3.63) is 71.8 Å². The van der Waals surface area contributed by atoms with Gasteiger partial charge in [0.2, 0.25) is 0 Å². The molecule has 2 aromatic rings. The molecule has 120 valence electrons. The van der Waals surface area contributed by atoms with Crippen LogP contribution in [0.2, 0.25) is 0 Å². The van der Waals surface area contributed by atoms with Gasteiger partial charge in [-0.2, -0.15) is 8.42 Å². The summed E-state index contributed by atoms with van der Waals surface area (Å²) in [6.45, 7) is 1.27. The number of rotatable bonds is 8. The number of hydrogen-bond acceptors (Lipinski definition) is 3. The van der Waals surface area contributed by atoms with E-state index in [0.29, 0.717) is 13.0 Å². The third-order valence-electron chi connectivity index (χ3n) is 3.51. The topological polar surface area (TPSA) is 66.4 Å². The van der Waals surface area contributed by atoms with Crippen molar-refractivity contribution < 1.29 is 13.0 Å². The molecule has 2 aromatic carbocycles. The summed E-state index contributed by atoms with van der Waals surface area (Å²) in [5, 5.41) is 3.28. The Morgan fingerprint density at radius 2 is 1.39 bits per heavy atom. The van der Waals surface area contributed by atoms with Gasteiger partial charge < -0.3 is 5.32 Å². The molecule has 2 N–H and O–H groups in total. The zero-order valence-corrected chi connectivity index (χ0v) is 13.2. The Kier molecular flexibility index (Phi) is 9.06. The molecular weight excluding hydrogens is 321 g/mol. The maximum absolute atomic E-state index is 10.7. The van der Waals surface area contributed by atoms with E-state index in [1.165, 1.54) is 11.1 Å². The van der Waals surface area contributed by atoms with Crippen LogP contribution in [-0.2, 0) is 10.1 Å². The molecule has 0 aliphatic rings. The van der Waals surface area contributed by atoms with Crippen molar-refractivity contribution in [2.45, 2.75) is 12.3 Å². The maximum atomic E-state index is 10.7. The molecule has 23 heavy (non-hydrogen) atoms. The van der Waals surface area contributed by atoms with E-state index in [-0.39, 0.29) is 41.2 Å². The first-order chi connectivity index (χ1) is 10.6. The van der Waals surface area contributed by atoms with Crippen molar-refractivity contribution in [1.29, 1.82) is 0 Å². The van der Waals surface area contributed by atoms with Gasteiger partial charge in [-0.3, -0.25) is 4.55 Å². The molecule has 4 nitrogen and oxygen atoms in total. The van der Waals surface area contributed by atoms with Gasteiger partial charge in [0.1, 0.15) is 0 Å². The number of nitrogens with one attached hydrogen (secondary N) is 1. The average Bonchev–Trinajstić information content (AvgIpc) is 2.51. The van der Waals surface area contributed by atoms with E-state index in [0.717, 1.165) is 6.54 Å². The molecule has 0 saturated heterocycles. The van der Waals surface area contributed by atoms with Crippen LogP contribution in [0, 0.1) is 0 Å². The Morgan fingerprint density at radius 1 is 0.913 bits per heavy atom. The predicted octanol–water partition coefficient (Wildman–Crippen LogP) is 2.04. The van der Waals surface area contributed by atoms with Crippen molar-refractivity contribution in [2.24, 2.45) is 0 Å². The predicted molar refractivity (Wildman–Crippen MR) is 95.8 cm³/mol. The van der Waals surface area contributed by atoms with Crippen LogP contribution in [0.25, 0.3) is 0 Å². The van der Waals surface area contributed by atoms with Gasteiger partial charge in [0.15, 0.2) is 0 Å². The number of benzene rings is 2. The first kappa shape index (κ1) is 20.4. The molecule has 0 amide bonds. The van der Waals surface area contributed by atoms with Crippen LogP contribution >= 0.6 is 0 Å². The summed E-state index contributed by atoms with van der Waals surface area (Å²) in [4.78, 5) is 0. The molecule has 0 bridgehead atoms. The molecular formula is C17H22NNaO3S. The second-order valence-corrected chi connectivity index (χ2v) is 6.79. The third-order valence-corrected chi connectivity index (χ3v) is 4.31. The van der Waals surface area contributed by atoms with Gasteiger partial charge >= 0.3 is 29.6 Å². The Bertz CT molecular complexity index is 623. The van der Waals surface area contributed by atoms with Gasteiger partial charge in [-0.1, -0.05) is 60.7 Å². The fraction of sp³-hybridized carbons (Fsp3) is 0.294. The molecule has 0 aromatic heterocycles. The van der Waals surface area contributed by atoms with Crippen molar-refractivity contribution in [1.82, 2.24) is 5.32 Å². The summed E-state index contributed by atoms with van der Waals surface area (Å²) in [5.74, 6) is 0.00886. The van der Waals surface area contributed by atoms with E-state index in [2.05, 4.69) is 29.6 Å². The fourth-order valence-electron chi connectivity index (χ4n) is 2.42. The summed E-state index contributed by atoms with van der Waals surface area (Å²) >= 11 is 0. The van der Waals surface area contributed by atoms with E-state index in [1.807, 2.05) is 36.4 Å². The molecule has 0 heterocycles. The molecule has 2 rings (SSSR count). The molecule has 6 heteroatoms. The third kappa shape index (κ3) is 7.61. The van der Waals surface area contributed by atoms with Crippen LogP contribution < -0.4 is 5.32 Å². The van der Waals surface area contributed by atoms with E-state index in [4.69, 9.17) is 4.55 Å². The van der Waals surface area contributed by atoms with E-state index in [1.54, 1.807) is 0 Å². The Morgan fingerprint density at radius 3 is 1.83 bits per heavy atom. The van der Waals surface area contributed by atoms with Crippen molar-refractivity contribution >= 4 is 39.7 Å². The first-order valence-corrected chi connectivity index (χ1v) is 8.93. The average molecular weight is 343 g/mol. The van der Waals surface area contributed by atoms with E-state index >= 15 is 0 Å². The van der Waals surface area contributed by atoms with Crippen LogP contribution in [0.15, 0.2) is 60.7 Å². The fourth-order valence-corrected chi connectivity index (χ4v) is 2.93. The molecule has 0 saturated carbocycles. The van der Waals surface area contributed by atoms with E-state index in [9.17, 15) is 8.42 Å². The molecule has 0 radical (unpaired) electrons. The standard InChI is InChI=1S/C17H21NO3S.Na.H/c19-22(20,21)13-7-12-18-14-17(15-8-3-1-4-9-15)16-10-5-2-6-11-16;;/h1-6,8-11,17-18H,7,12-14H2,(H,19,20,21);;. The molecule has 0 unspecified atom stereocenters. The van der Waals surface area contributed by atoms with Gasteiger partial charge in [-0.05, 0) is 24.1 Å².